The first-order valence-corrected chi connectivity index (χ1v) is 9.58. The number of carbonyl (C=O) groups is 1. The summed E-state index contributed by atoms with van der Waals surface area (Å²) in [4.78, 5) is 11.7. The summed E-state index contributed by atoms with van der Waals surface area (Å²) in [5.41, 5.74) is 1.63. The number of methoxy groups -OCH3 is 1. The average Bonchev–Trinajstić information content (AvgIpc) is 2.59. The zero-order valence-electron chi connectivity index (χ0n) is 14.4. The molecule has 0 heterocycles. The third-order valence-electron chi connectivity index (χ3n) is 3.55. The normalized spacial score (nSPS) is 11.0. The van der Waals surface area contributed by atoms with Crippen LogP contribution in [0.15, 0.2) is 48.5 Å². The number of benzene rings is 2. The van der Waals surface area contributed by atoms with Crippen LogP contribution < -0.4 is 9.04 Å². The number of sulfonamides is 1. The standard InChI is InChI=1S/C18H21NO5S/c1-4-24-18(20)15-11-9-14(10-12-15)13-19(25(3,21)22)16-7-5-6-8-17(16)23-2/h5-12H,4,13H2,1-3H3. The third kappa shape index (κ3) is 4.73. The van der Waals surface area contributed by atoms with E-state index in [0.29, 0.717) is 23.6 Å². The quantitative estimate of drug-likeness (QED) is 0.707. The number of carbonyl (C=O) groups excluding carboxylic acids is 1. The Morgan fingerprint density at radius 1 is 1.08 bits per heavy atom. The molecule has 0 aromatic heterocycles. The van der Waals surface area contributed by atoms with Crippen LogP contribution in [-0.4, -0.2) is 34.4 Å². The molecule has 0 saturated carbocycles. The van der Waals surface area contributed by atoms with Crippen LogP contribution in [0.1, 0.15) is 22.8 Å². The molecule has 2 aromatic carbocycles. The Labute approximate surface area is 148 Å². The Hall–Kier alpha value is -2.54. The van der Waals surface area contributed by atoms with Crippen LogP contribution in [0.3, 0.4) is 0 Å². The van der Waals surface area contributed by atoms with Crippen molar-refractivity contribution in [2.75, 3.05) is 24.3 Å². The van der Waals surface area contributed by atoms with Crippen LogP contribution in [-0.2, 0) is 21.3 Å². The Morgan fingerprint density at radius 2 is 1.72 bits per heavy atom. The fraction of sp³-hybridized carbons (Fsp3) is 0.278. The Balaban J connectivity index is 2.31. The van der Waals surface area contributed by atoms with Gasteiger partial charge in [-0.2, -0.15) is 0 Å². The monoisotopic (exact) mass is 363 g/mol. The Morgan fingerprint density at radius 3 is 2.28 bits per heavy atom. The number of rotatable bonds is 7. The van der Waals surface area contributed by atoms with Gasteiger partial charge in [0.25, 0.3) is 0 Å². The van der Waals surface area contributed by atoms with Gasteiger partial charge in [-0.15, -0.1) is 0 Å². The molecule has 0 bridgehead atoms. The van der Waals surface area contributed by atoms with Crippen molar-refractivity contribution in [1.29, 1.82) is 0 Å². The molecular formula is C18H21NO5S. The van der Waals surface area contributed by atoms with Gasteiger partial charge in [-0.05, 0) is 36.8 Å². The summed E-state index contributed by atoms with van der Waals surface area (Å²) in [6, 6.07) is 13.6. The van der Waals surface area contributed by atoms with Crippen LogP contribution in [0.5, 0.6) is 5.75 Å². The van der Waals surface area contributed by atoms with Crippen LogP contribution in [0.25, 0.3) is 0 Å². The number of ether oxygens (including phenoxy) is 2. The summed E-state index contributed by atoms with van der Waals surface area (Å²) in [5, 5.41) is 0. The van der Waals surface area contributed by atoms with Gasteiger partial charge in [0.1, 0.15) is 5.75 Å². The zero-order chi connectivity index (χ0) is 18.4. The molecule has 25 heavy (non-hydrogen) atoms. The average molecular weight is 363 g/mol. The molecule has 0 aliphatic rings. The number of nitrogens with zero attached hydrogens (tertiary/aromatic N) is 1. The summed E-state index contributed by atoms with van der Waals surface area (Å²) in [7, 11) is -2.03. The molecule has 0 aliphatic heterocycles. The lowest BCUT2D eigenvalue weighted by atomic mass is 10.1. The summed E-state index contributed by atoms with van der Waals surface area (Å²) in [6.07, 6.45) is 1.15. The number of hydrogen-bond donors (Lipinski definition) is 0. The molecule has 0 amide bonds. The van der Waals surface area contributed by atoms with Crippen LogP contribution in [0, 0.1) is 0 Å². The van der Waals surface area contributed by atoms with Crippen LogP contribution in [0.4, 0.5) is 5.69 Å². The van der Waals surface area contributed by atoms with E-state index in [1.807, 2.05) is 0 Å². The molecule has 0 N–H and O–H groups in total. The minimum atomic E-state index is -3.52. The van der Waals surface area contributed by atoms with Gasteiger partial charge in [-0.25, -0.2) is 13.2 Å². The maximum atomic E-state index is 12.3. The maximum Gasteiger partial charge on any atom is 0.338 e. The second kappa shape index (κ2) is 8.02. The highest BCUT2D eigenvalue weighted by molar-refractivity contribution is 7.92. The number of hydrogen-bond acceptors (Lipinski definition) is 5. The van der Waals surface area contributed by atoms with Crippen molar-refractivity contribution < 1.29 is 22.7 Å². The molecule has 0 unspecified atom stereocenters. The first-order valence-electron chi connectivity index (χ1n) is 7.73. The summed E-state index contributed by atoms with van der Waals surface area (Å²) >= 11 is 0. The summed E-state index contributed by atoms with van der Waals surface area (Å²) in [6.45, 7) is 2.17. The van der Waals surface area contributed by atoms with E-state index < -0.39 is 16.0 Å². The van der Waals surface area contributed by atoms with E-state index in [-0.39, 0.29) is 6.54 Å². The number of anilines is 1. The molecule has 0 atom stereocenters. The predicted octanol–water partition coefficient (Wildman–Crippen LogP) is 2.84. The lowest BCUT2D eigenvalue weighted by molar-refractivity contribution is 0.0526. The van der Waals surface area contributed by atoms with Gasteiger partial charge >= 0.3 is 5.97 Å². The first kappa shape index (κ1) is 18.8. The molecule has 0 saturated heterocycles. The molecule has 0 fully saturated rings. The van der Waals surface area contributed by atoms with Crippen molar-refractivity contribution in [1.82, 2.24) is 0 Å². The molecule has 0 radical (unpaired) electrons. The van der Waals surface area contributed by atoms with Crippen molar-refractivity contribution in [3.05, 3.63) is 59.7 Å². The van der Waals surface area contributed by atoms with Gasteiger partial charge in [0.05, 0.1) is 37.8 Å². The Kier molecular flexibility index (Phi) is 6.03. The molecule has 6 nitrogen and oxygen atoms in total. The molecule has 134 valence electrons. The van der Waals surface area contributed by atoms with Crippen molar-refractivity contribution in [2.45, 2.75) is 13.5 Å². The highest BCUT2D eigenvalue weighted by atomic mass is 32.2. The van der Waals surface area contributed by atoms with E-state index in [0.717, 1.165) is 11.8 Å². The molecule has 2 rings (SSSR count). The molecular weight excluding hydrogens is 342 g/mol. The second-order valence-corrected chi connectivity index (χ2v) is 7.27. The van der Waals surface area contributed by atoms with Crippen LogP contribution >= 0.6 is 0 Å². The minimum Gasteiger partial charge on any atom is -0.495 e. The lowest BCUT2D eigenvalue weighted by Gasteiger charge is -2.24. The van der Waals surface area contributed by atoms with Crippen molar-refractivity contribution >= 4 is 21.7 Å². The van der Waals surface area contributed by atoms with E-state index >= 15 is 0 Å². The van der Waals surface area contributed by atoms with Gasteiger partial charge in [-0.1, -0.05) is 24.3 Å². The van der Waals surface area contributed by atoms with Crippen molar-refractivity contribution in [3.63, 3.8) is 0 Å². The number of esters is 1. The zero-order valence-corrected chi connectivity index (χ0v) is 15.2. The van der Waals surface area contributed by atoms with Crippen molar-refractivity contribution in [2.24, 2.45) is 0 Å². The summed E-state index contributed by atoms with van der Waals surface area (Å²) in [5.74, 6) is 0.0646. The van der Waals surface area contributed by atoms with Gasteiger partial charge in [0.2, 0.25) is 10.0 Å². The summed E-state index contributed by atoms with van der Waals surface area (Å²) < 4.78 is 36.0. The third-order valence-corrected chi connectivity index (χ3v) is 4.67. The van der Waals surface area contributed by atoms with E-state index in [1.54, 1.807) is 55.5 Å². The molecule has 2 aromatic rings. The highest BCUT2D eigenvalue weighted by Crippen LogP contribution is 2.30. The Bertz CT molecular complexity index is 831. The lowest BCUT2D eigenvalue weighted by Crippen LogP contribution is -2.29. The van der Waals surface area contributed by atoms with E-state index in [2.05, 4.69) is 0 Å². The second-order valence-electron chi connectivity index (χ2n) is 5.36. The fourth-order valence-corrected chi connectivity index (χ4v) is 3.24. The van der Waals surface area contributed by atoms with E-state index in [1.165, 1.54) is 11.4 Å². The smallest absolute Gasteiger partial charge is 0.338 e. The van der Waals surface area contributed by atoms with Crippen molar-refractivity contribution in [3.8, 4) is 5.75 Å². The SMILES string of the molecule is CCOC(=O)c1ccc(CN(c2ccccc2OC)S(C)(=O)=O)cc1. The maximum absolute atomic E-state index is 12.3. The molecule has 7 heteroatoms. The minimum absolute atomic E-state index is 0.127. The predicted molar refractivity (Wildman–Crippen MR) is 96.4 cm³/mol. The largest absolute Gasteiger partial charge is 0.495 e. The van der Waals surface area contributed by atoms with Gasteiger partial charge < -0.3 is 9.47 Å². The molecule has 0 aliphatic carbocycles. The van der Waals surface area contributed by atoms with Crippen LogP contribution in [0.2, 0.25) is 0 Å². The van der Waals surface area contributed by atoms with Gasteiger partial charge in [-0.3, -0.25) is 4.31 Å². The topological polar surface area (TPSA) is 72.9 Å². The first-order chi connectivity index (χ1) is 11.9. The number of para-hydroxylation sites is 2. The van der Waals surface area contributed by atoms with E-state index in [4.69, 9.17) is 9.47 Å². The fourth-order valence-electron chi connectivity index (χ4n) is 2.34. The van der Waals surface area contributed by atoms with Gasteiger partial charge in [0, 0.05) is 0 Å². The van der Waals surface area contributed by atoms with Gasteiger partial charge in [0.15, 0.2) is 0 Å². The molecule has 0 spiro atoms. The van der Waals surface area contributed by atoms with E-state index in [9.17, 15) is 13.2 Å². The highest BCUT2D eigenvalue weighted by Gasteiger charge is 2.21.